The molecule has 0 heterocycles. The number of halogens is 3. The van der Waals surface area contributed by atoms with E-state index in [2.05, 4.69) is 5.32 Å². The van der Waals surface area contributed by atoms with Crippen LogP contribution in [0.15, 0.2) is 84.9 Å². The highest BCUT2D eigenvalue weighted by Gasteiger charge is 2.30. The first-order valence-corrected chi connectivity index (χ1v) is 9.08. The first-order valence-electron chi connectivity index (χ1n) is 9.08. The van der Waals surface area contributed by atoms with Gasteiger partial charge in [-0.05, 0) is 35.4 Å². The third-order valence-corrected chi connectivity index (χ3v) is 4.34. The molecule has 1 N–H and O–H groups in total. The Balaban J connectivity index is 1.64. The minimum absolute atomic E-state index is 0.173. The van der Waals surface area contributed by atoms with E-state index in [9.17, 15) is 22.8 Å². The Morgan fingerprint density at radius 1 is 0.800 bits per heavy atom. The van der Waals surface area contributed by atoms with Crippen LogP contribution in [0.3, 0.4) is 0 Å². The second-order valence-electron chi connectivity index (χ2n) is 6.49. The summed E-state index contributed by atoms with van der Waals surface area (Å²) in [6.45, 7) is -0.560. The summed E-state index contributed by atoms with van der Waals surface area (Å²) in [6, 6.07) is 22.0. The van der Waals surface area contributed by atoms with Crippen LogP contribution in [0.4, 0.5) is 18.9 Å². The minimum Gasteiger partial charge on any atom is -0.455 e. The maximum atomic E-state index is 12.7. The lowest BCUT2D eigenvalue weighted by atomic mass is 9.91. The molecule has 1 amide bonds. The molecule has 4 nitrogen and oxygen atoms in total. The molecule has 7 heteroatoms. The first-order chi connectivity index (χ1) is 14.3. The monoisotopic (exact) mass is 413 g/mol. The highest BCUT2D eigenvalue weighted by atomic mass is 19.4. The number of amides is 1. The van der Waals surface area contributed by atoms with Crippen molar-refractivity contribution >= 4 is 17.6 Å². The smallest absolute Gasteiger partial charge is 0.416 e. The van der Waals surface area contributed by atoms with Gasteiger partial charge in [0.1, 0.15) is 5.92 Å². The number of alkyl halides is 3. The summed E-state index contributed by atoms with van der Waals surface area (Å²) in [5, 5.41) is 2.41. The number of rotatable bonds is 6. The Labute approximate surface area is 171 Å². The maximum absolute atomic E-state index is 12.7. The number of nitrogens with one attached hydrogen (secondary N) is 1. The van der Waals surface area contributed by atoms with Crippen LogP contribution < -0.4 is 5.32 Å². The lowest BCUT2D eigenvalue weighted by Gasteiger charge is -2.17. The highest BCUT2D eigenvalue weighted by Crippen LogP contribution is 2.30. The quantitative estimate of drug-likeness (QED) is 0.578. The summed E-state index contributed by atoms with van der Waals surface area (Å²) < 4.78 is 43.0. The molecule has 0 spiro atoms. The highest BCUT2D eigenvalue weighted by molar-refractivity contribution is 5.93. The van der Waals surface area contributed by atoms with Gasteiger partial charge < -0.3 is 10.1 Å². The standard InChI is InChI=1S/C23H18F3NO3/c24-23(25,26)18-11-13-19(14-12-18)27-20(28)15-30-22(29)21(16-7-3-1-4-8-16)17-9-5-2-6-10-17/h1-14,21H,15H2,(H,27,28). The van der Waals surface area contributed by atoms with Crippen LogP contribution in [0.25, 0.3) is 0 Å². The van der Waals surface area contributed by atoms with Crippen molar-refractivity contribution in [1.29, 1.82) is 0 Å². The molecule has 154 valence electrons. The van der Waals surface area contributed by atoms with Crippen molar-refractivity contribution in [2.75, 3.05) is 11.9 Å². The second kappa shape index (κ2) is 9.26. The Bertz CT molecular complexity index is 948. The molecule has 0 radical (unpaired) electrons. The van der Waals surface area contributed by atoms with Crippen LogP contribution in [-0.2, 0) is 20.5 Å². The van der Waals surface area contributed by atoms with E-state index in [0.717, 1.165) is 35.4 Å². The zero-order valence-corrected chi connectivity index (χ0v) is 15.7. The molecule has 0 fully saturated rings. The zero-order chi connectivity index (χ0) is 21.6. The van der Waals surface area contributed by atoms with E-state index in [1.165, 1.54) is 0 Å². The fourth-order valence-electron chi connectivity index (χ4n) is 2.92. The van der Waals surface area contributed by atoms with Gasteiger partial charge in [-0.15, -0.1) is 0 Å². The number of benzene rings is 3. The second-order valence-corrected chi connectivity index (χ2v) is 6.49. The third kappa shape index (κ3) is 5.47. The summed E-state index contributed by atoms with van der Waals surface area (Å²) >= 11 is 0. The zero-order valence-electron chi connectivity index (χ0n) is 15.7. The van der Waals surface area contributed by atoms with Gasteiger partial charge in [-0.3, -0.25) is 9.59 Å². The molecule has 0 aliphatic heterocycles. The van der Waals surface area contributed by atoms with E-state index in [0.29, 0.717) is 0 Å². The van der Waals surface area contributed by atoms with Crippen molar-refractivity contribution in [3.8, 4) is 0 Å². The van der Waals surface area contributed by atoms with E-state index >= 15 is 0 Å². The summed E-state index contributed by atoms with van der Waals surface area (Å²) in [4.78, 5) is 24.8. The van der Waals surface area contributed by atoms with Crippen molar-refractivity contribution in [3.63, 3.8) is 0 Å². The lowest BCUT2D eigenvalue weighted by molar-refractivity contribution is -0.148. The Kier molecular flexibility index (Phi) is 6.51. The Morgan fingerprint density at radius 2 is 1.30 bits per heavy atom. The maximum Gasteiger partial charge on any atom is 0.416 e. The van der Waals surface area contributed by atoms with Crippen molar-refractivity contribution in [2.45, 2.75) is 12.1 Å². The molecule has 0 aliphatic carbocycles. The number of ether oxygens (including phenoxy) is 1. The molecule has 0 aromatic heterocycles. The van der Waals surface area contributed by atoms with Gasteiger partial charge in [0.25, 0.3) is 5.91 Å². The van der Waals surface area contributed by atoms with E-state index in [1.54, 1.807) is 48.5 Å². The van der Waals surface area contributed by atoms with Gasteiger partial charge in [-0.25, -0.2) is 0 Å². The van der Waals surface area contributed by atoms with Gasteiger partial charge in [0.15, 0.2) is 6.61 Å². The molecular formula is C23H18F3NO3. The summed E-state index contributed by atoms with van der Waals surface area (Å²) in [6.07, 6.45) is -4.46. The van der Waals surface area contributed by atoms with Crippen LogP contribution in [0.1, 0.15) is 22.6 Å². The third-order valence-electron chi connectivity index (χ3n) is 4.34. The fraction of sp³-hybridized carbons (Fsp3) is 0.130. The molecule has 30 heavy (non-hydrogen) atoms. The minimum atomic E-state index is -4.46. The van der Waals surface area contributed by atoms with E-state index < -0.39 is 36.1 Å². The normalized spacial score (nSPS) is 11.2. The molecule has 3 rings (SSSR count). The van der Waals surface area contributed by atoms with Gasteiger partial charge in [-0.1, -0.05) is 60.7 Å². The predicted molar refractivity (Wildman–Crippen MR) is 106 cm³/mol. The van der Waals surface area contributed by atoms with Gasteiger partial charge in [0.05, 0.1) is 5.56 Å². The number of esters is 1. The molecule has 3 aromatic rings. The summed E-state index contributed by atoms with van der Waals surface area (Å²) in [5.74, 6) is -1.95. The number of hydrogen-bond acceptors (Lipinski definition) is 3. The first kappa shape index (κ1) is 21.1. The summed E-state index contributed by atoms with van der Waals surface area (Å²) in [7, 11) is 0. The van der Waals surface area contributed by atoms with Crippen LogP contribution in [0, 0.1) is 0 Å². The lowest BCUT2D eigenvalue weighted by Crippen LogP contribution is -2.24. The largest absolute Gasteiger partial charge is 0.455 e. The van der Waals surface area contributed by atoms with Crippen LogP contribution >= 0.6 is 0 Å². The molecule has 0 atom stereocenters. The topological polar surface area (TPSA) is 55.4 Å². The van der Waals surface area contributed by atoms with Gasteiger partial charge in [0.2, 0.25) is 0 Å². The number of carbonyl (C=O) groups excluding carboxylic acids is 2. The van der Waals surface area contributed by atoms with Crippen molar-refractivity contribution in [2.24, 2.45) is 0 Å². The Hall–Kier alpha value is -3.61. The van der Waals surface area contributed by atoms with Gasteiger partial charge >= 0.3 is 12.1 Å². The van der Waals surface area contributed by atoms with E-state index in [1.807, 2.05) is 12.1 Å². The molecule has 0 unspecified atom stereocenters. The number of carbonyl (C=O) groups is 2. The SMILES string of the molecule is O=C(COC(=O)C(c1ccccc1)c1ccccc1)Nc1ccc(C(F)(F)F)cc1. The van der Waals surface area contributed by atoms with Crippen LogP contribution in [0.2, 0.25) is 0 Å². The average Bonchev–Trinajstić information content (AvgIpc) is 2.74. The molecule has 3 aromatic carbocycles. The van der Waals surface area contributed by atoms with Crippen molar-refractivity contribution in [1.82, 2.24) is 0 Å². The van der Waals surface area contributed by atoms with Crippen LogP contribution in [0.5, 0.6) is 0 Å². The molecule has 0 saturated carbocycles. The van der Waals surface area contributed by atoms with Gasteiger partial charge in [-0.2, -0.15) is 13.2 Å². The molecule has 0 saturated heterocycles. The number of hydrogen-bond donors (Lipinski definition) is 1. The van der Waals surface area contributed by atoms with Crippen molar-refractivity contribution < 1.29 is 27.5 Å². The fourth-order valence-corrected chi connectivity index (χ4v) is 2.92. The Morgan fingerprint density at radius 3 is 1.77 bits per heavy atom. The average molecular weight is 413 g/mol. The van der Waals surface area contributed by atoms with Crippen LogP contribution in [-0.4, -0.2) is 18.5 Å². The van der Waals surface area contributed by atoms with Gasteiger partial charge in [0, 0.05) is 5.69 Å². The predicted octanol–water partition coefficient (Wildman–Crippen LogP) is 5.02. The van der Waals surface area contributed by atoms with E-state index in [4.69, 9.17) is 4.74 Å². The molecular weight excluding hydrogens is 395 g/mol. The molecule has 0 aliphatic rings. The molecule has 0 bridgehead atoms. The van der Waals surface area contributed by atoms with E-state index in [-0.39, 0.29) is 5.69 Å². The van der Waals surface area contributed by atoms with Crippen molar-refractivity contribution in [3.05, 3.63) is 102 Å². The summed E-state index contributed by atoms with van der Waals surface area (Å²) in [5.41, 5.74) is 0.793. The number of anilines is 1.